The number of nitrogens with zero attached hydrogens (tertiary/aromatic N) is 2. The van der Waals surface area contributed by atoms with Gasteiger partial charge in [0.05, 0.1) is 26.3 Å². The number of aromatic nitrogens is 3. The maximum Gasteiger partial charge on any atom is 0.214 e. The van der Waals surface area contributed by atoms with Crippen molar-refractivity contribution in [3.05, 3.63) is 86.6 Å². The Morgan fingerprint density at radius 2 is 1.74 bits per heavy atom. The molecule has 4 aromatic rings. The number of methoxy groups -OCH3 is 2. The third-order valence-electron chi connectivity index (χ3n) is 5.45. The van der Waals surface area contributed by atoms with Crippen LogP contribution in [0.15, 0.2) is 65.1 Å². The fraction of sp³-hybridized carbons (Fsp3) is 0.200. The Bertz CT molecular complexity index is 1350. The van der Waals surface area contributed by atoms with Crippen LogP contribution in [0.25, 0.3) is 11.4 Å². The Morgan fingerprint density at radius 3 is 2.50 bits per heavy atom. The van der Waals surface area contributed by atoms with Crippen LogP contribution < -0.4 is 19.6 Å². The molecule has 7 nitrogen and oxygen atoms in total. The number of hydrogen-bond acceptors (Lipinski definition) is 6. The highest BCUT2D eigenvalue weighted by Gasteiger charge is 2.18. The van der Waals surface area contributed by atoms with E-state index in [2.05, 4.69) is 50.6 Å². The van der Waals surface area contributed by atoms with Crippen molar-refractivity contribution in [1.82, 2.24) is 14.9 Å². The first-order chi connectivity index (χ1) is 16.5. The van der Waals surface area contributed by atoms with Crippen LogP contribution in [-0.4, -0.2) is 29.1 Å². The zero-order chi connectivity index (χ0) is 24.1. The van der Waals surface area contributed by atoms with Crippen LogP contribution in [0.1, 0.15) is 16.7 Å². The normalized spacial score (nSPS) is 10.7. The van der Waals surface area contributed by atoms with Crippen molar-refractivity contribution in [1.29, 1.82) is 0 Å². The SMILES string of the molecule is COc1ccccc1-c1n[nH]c(=S)n1NCc1c(Br)ccc(OC)c1OCc1ccccc1C. The molecule has 9 heteroatoms. The zero-order valence-electron chi connectivity index (χ0n) is 19.1. The first-order valence-corrected chi connectivity index (χ1v) is 11.8. The van der Waals surface area contributed by atoms with Crippen molar-refractivity contribution in [2.75, 3.05) is 19.6 Å². The Labute approximate surface area is 211 Å². The molecule has 0 aliphatic carbocycles. The Hall–Kier alpha value is -3.30. The van der Waals surface area contributed by atoms with E-state index in [1.807, 2.05) is 48.5 Å². The van der Waals surface area contributed by atoms with Crippen molar-refractivity contribution >= 4 is 28.1 Å². The third-order valence-corrected chi connectivity index (χ3v) is 6.47. The maximum atomic E-state index is 6.28. The molecular formula is C25H25BrN4O3S. The molecule has 2 N–H and O–H groups in total. The largest absolute Gasteiger partial charge is 0.496 e. The number of para-hydroxylation sites is 1. The molecule has 0 saturated heterocycles. The molecule has 0 aliphatic rings. The number of benzene rings is 3. The second-order valence-electron chi connectivity index (χ2n) is 7.50. The Morgan fingerprint density at radius 1 is 1.00 bits per heavy atom. The van der Waals surface area contributed by atoms with Gasteiger partial charge in [-0.2, -0.15) is 5.10 Å². The van der Waals surface area contributed by atoms with Crippen LogP contribution >= 0.6 is 28.1 Å². The van der Waals surface area contributed by atoms with Gasteiger partial charge in [-0.15, -0.1) is 0 Å². The number of aryl methyl sites for hydroxylation is 1. The fourth-order valence-electron chi connectivity index (χ4n) is 3.60. The molecule has 0 bridgehead atoms. The minimum absolute atomic E-state index is 0.400. The number of halogens is 1. The summed E-state index contributed by atoms with van der Waals surface area (Å²) in [6.07, 6.45) is 0. The van der Waals surface area contributed by atoms with Gasteiger partial charge in [0.25, 0.3) is 0 Å². The molecular weight excluding hydrogens is 516 g/mol. The number of rotatable bonds is 9. The van der Waals surface area contributed by atoms with Gasteiger partial charge in [-0.05, 0) is 54.5 Å². The van der Waals surface area contributed by atoms with Crippen molar-refractivity contribution in [3.63, 3.8) is 0 Å². The summed E-state index contributed by atoms with van der Waals surface area (Å²) in [6, 6.07) is 19.6. The van der Waals surface area contributed by atoms with Crippen LogP contribution in [-0.2, 0) is 13.2 Å². The molecule has 4 rings (SSSR count). The van der Waals surface area contributed by atoms with E-state index in [0.29, 0.717) is 41.0 Å². The first kappa shape index (κ1) is 23.8. The summed E-state index contributed by atoms with van der Waals surface area (Å²) in [5.41, 5.74) is 7.35. The van der Waals surface area contributed by atoms with Crippen molar-refractivity contribution in [2.24, 2.45) is 0 Å². The van der Waals surface area contributed by atoms with E-state index < -0.39 is 0 Å². The summed E-state index contributed by atoms with van der Waals surface area (Å²) >= 11 is 9.15. The highest BCUT2D eigenvalue weighted by molar-refractivity contribution is 9.10. The highest BCUT2D eigenvalue weighted by Crippen LogP contribution is 2.37. The van der Waals surface area contributed by atoms with Gasteiger partial charge in [-0.25, -0.2) is 9.77 Å². The number of aromatic amines is 1. The zero-order valence-corrected chi connectivity index (χ0v) is 21.5. The smallest absolute Gasteiger partial charge is 0.214 e. The molecule has 0 atom stereocenters. The van der Waals surface area contributed by atoms with E-state index in [4.69, 9.17) is 26.4 Å². The van der Waals surface area contributed by atoms with Gasteiger partial charge < -0.3 is 19.6 Å². The van der Waals surface area contributed by atoms with Gasteiger partial charge in [0.15, 0.2) is 17.3 Å². The molecule has 176 valence electrons. The summed E-state index contributed by atoms with van der Waals surface area (Å²) in [6.45, 7) is 2.89. The van der Waals surface area contributed by atoms with Crippen LogP contribution in [0.5, 0.6) is 17.2 Å². The lowest BCUT2D eigenvalue weighted by Crippen LogP contribution is -2.17. The van der Waals surface area contributed by atoms with Gasteiger partial charge >= 0.3 is 0 Å². The summed E-state index contributed by atoms with van der Waals surface area (Å²) < 4.78 is 20.4. The topological polar surface area (TPSA) is 73.3 Å². The quantitative estimate of drug-likeness (QED) is 0.253. The number of ether oxygens (including phenoxy) is 3. The molecule has 0 unspecified atom stereocenters. The molecule has 0 saturated carbocycles. The standard InChI is InChI=1S/C25H25BrN4O3S/c1-16-8-4-5-9-17(16)15-33-23-19(20(26)12-13-22(23)32-3)14-27-30-24(28-29-25(30)34)18-10-6-7-11-21(18)31-2/h4-13,27H,14-15H2,1-3H3,(H,29,34). The van der Waals surface area contributed by atoms with Crippen LogP contribution in [0.3, 0.4) is 0 Å². The predicted molar refractivity (Wildman–Crippen MR) is 139 cm³/mol. The lowest BCUT2D eigenvalue weighted by atomic mass is 10.1. The van der Waals surface area contributed by atoms with Gasteiger partial charge in [0, 0.05) is 10.0 Å². The van der Waals surface area contributed by atoms with E-state index in [1.54, 1.807) is 18.9 Å². The fourth-order valence-corrected chi connectivity index (χ4v) is 4.25. The first-order valence-electron chi connectivity index (χ1n) is 10.6. The molecule has 3 aromatic carbocycles. The second-order valence-corrected chi connectivity index (χ2v) is 8.74. The van der Waals surface area contributed by atoms with Gasteiger partial charge in [-0.3, -0.25) is 0 Å². The second kappa shape index (κ2) is 10.8. The van der Waals surface area contributed by atoms with Crippen molar-refractivity contribution in [3.8, 4) is 28.6 Å². The number of H-pyrrole nitrogens is 1. The molecule has 0 radical (unpaired) electrons. The van der Waals surface area contributed by atoms with E-state index in [9.17, 15) is 0 Å². The summed E-state index contributed by atoms with van der Waals surface area (Å²) in [4.78, 5) is 0. The minimum Gasteiger partial charge on any atom is -0.496 e. The summed E-state index contributed by atoms with van der Waals surface area (Å²) in [7, 11) is 3.26. The summed E-state index contributed by atoms with van der Waals surface area (Å²) in [5, 5.41) is 7.26. The lowest BCUT2D eigenvalue weighted by Gasteiger charge is -2.19. The van der Waals surface area contributed by atoms with Crippen LogP contribution in [0.4, 0.5) is 0 Å². The van der Waals surface area contributed by atoms with Crippen molar-refractivity contribution in [2.45, 2.75) is 20.1 Å². The maximum absolute atomic E-state index is 6.28. The molecule has 1 heterocycles. The van der Waals surface area contributed by atoms with E-state index in [1.165, 1.54) is 5.56 Å². The molecule has 0 fully saturated rings. The average molecular weight is 541 g/mol. The molecule has 0 amide bonds. The number of nitrogens with one attached hydrogen (secondary N) is 2. The Kier molecular flexibility index (Phi) is 7.54. The highest BCUT2D eigenvalue weighted by atomic mass is 79.9. The van der Waals surface area contributed by atoms with E-state index in [0.717, 1.165) is 21.2 Å². The predicted octanol–water partition coefficient (Wildman–Crippen LogP) is 6.02. The lowest BCUT2D eigenvalue weighted by molar-refractivity contribution is 0.280. The van der Waals surface area contributed by atoms with E-state index >= 15 is 0 Å². The Balaban J connectivity index is 1.65. The van der Waals surface area contributed by atoms with Gasteiger partial charge in [0.1, 0.15) is 12.4 Å². The average Bonchev–Trinajstić information content (AvgIpc) is 3.22. The van der Waals surface area contributed by atoms with E-state index in [-0.39, 0.29) is 0 Å². The molecule has 34 heavy (non-hydrogen) atoms. The van der Waals surface area contributed by atoms with Gasteiger partial charge in [0.2, 0.25) is 4.77 Å². The van der Waals surface area contributed by atoms with Crippen molar-refractivity contribution < 1.29 is 14.2 Å². The summed E-state index contributed by atoms with van der Waals surface area (Å²) in [5.74, 6) is 2.61. The third kappa shape index (κ3) is 4.95. The minimum atomic E-state index is 0.400. The number of hydrogen-bond donors (Lipinski definition) is 2. The van der Waals surface area contributed by atoms with Gasteiger partial charge in [-0.1, -0.05) is 52.3 Å². The monoisotopic (exact) mass is 540 g/mol. The van der Waals surface area contributed by atoms with Crippen LogP contribution in [0.2, 0.25) is 0 Å². The molecule has 0 spiro atoms. The van der Waals surface area contributed by atoms with Crippen LogP contribution in [0, 0.1) is 11.7 Å². The molecule has 1 aromatic heterocycles. The molecule has 0 aliphatic heterocycles.